The van der Waals surface area contributed by atoms with Gasteiger partial charge in [0.2, 0.25) is 5.91 Å². The number of benzene rings is 1. The number of amides is 1. The Morgan fingerprint density at radius 1 is 1.27 bits per heavy atom. The molecule has 110 valence electrons. The van der Waals surface area contributed by atoms with Crippen molar-refractivity contribution < 1.29 is 4.79 Å². The molecule has 1 aromatic carbocycles. The van der Waals surface area contributed by atoms with Gasteiger partial charge in [-0.05, 0) is 6.07 Å². The van der Waals surface area contributed by atoms with Crippen LogP contribution in [0.1, 0.15) is 18.0 Å². The molecule has 2 aromatic heterocycles. The third kappa shape index (κ3) is 2.06. The smallest absolute Gasteiger partial charge is 0.223 e. The van der Waals surface area contributed by atoms with E-state index in [1.54, 1.807) is 4.90 Å². The van der Waals surface area contributed by atoms with Crippen LogP contribution in [0.4, 0.5) is 0 Å². The molecule has 1 saturated heterocycles. The van der Waals surface area contributed by atoms with Crippen molar-refractivity contribution in [3.63, 3.8) is 0 Å². The Hall–Kier alpha value is -2.69. The molecule has 0 saturated carbocycles. The molecule has 0 aliphatic carbocycles. The van der Waals surface area contributed by atoms with Crippen LogP contribution in [0.3, 0.4) is 0 Å². The first-order valence-electron chi connectivity index (χ1n) is 7.36. The van der Waals surface area contributed by atoms with E-state index in [2.05, 4.69) is 21.2 Å². The topological polar surface area (TPSA) is 61.9 Å². The maximum absolute atomic E-state index is 11.7. The van der Waals surface area contributed by atoms with Crippen molar-refractivity contribution in [1.29, 1.82) is 0 Å². The second kappa shape index (κ2) is 4.94. The number of aromatic nitrogens is 3. The molecule has 4 rings (SSSR count). The summed E-state index contributed by atoms with van der Waals surface area (Å²) in [7, 11) is 1.84. The lowest BCUT2D eigenvalue weighted by Crippen LogP contribution is -2.18. The van der Waals surface area contributed by atoms with Crippen LogP contribution in [-0.4, -0.2) is 39.6 Å². The first-order valence-corrected chi connectivity index (χ1v) is 7.36. The van der Waals surface area contributed by atoms with Crippen molar-refractivity contribution in [2.75, 3.05) is 13.6 Å². The molecule has 1 aliphatic rings. The molecular weight excluding hydrogens is 276 g/mol. The van der Waals surface area contributed by atoms with E-state index in [1.807, 2.05) is 43.6 Å². The van der Waals surface area contributed by atoms with Gasteiger partial charge in [-0.1, -0.05) is 30.3 Å². The zero-order valence-electron chi connectivity index (χ0n) is 12.3. The number of likely N-dealkylation sites (N-methyl/N-ethyl adjacent to an activating group) is 1. The van der Waals surface area contributed by atoms with Crippen molar-refractivity contribution in [2.45, 2.75) is 12.3 Å². The molecule has 1 N–H and O–H groups in total. The van der Waals surface area contributed by atoms with Crippen molar-refractivity contribution >= 4 is 16.8 Å². The SMILES string of the molecule is CN1CC(c2cc3c(-c4ccccc4)n[nH]c3cn2)CC1=O. The average Bonchev–Trinajstić information content (AvgIpc) is 3.11. The lowest BCUT2D eigenvalue weighted by Gasteiger charge is -2.09. The normalized spacial score (nSPS) is 18.3. The van der Waals surface area contributed by atoms with Gasteiger partial charge in [-0.2, -0.15) is 5.10 Å². The van der Waals surface area contributed by atoms with Crippen molar-refractivity contribution in [3.8, 4) is 11.3 Å². The van der Waals surface area contributed by atoms with E-state index in [0.29, 0.717) is 6.42 Å². The van der Waals surface area contributed by atoms with Crippen LogP contribution >= 0.6 is 0 Å². The quantitative estimate of drug-likeness (QED) is 0.789. The van der Waals surface area contributed by atoms with Crippen molar-refractivity contribution in [3.05, 3.63) is 48.3 Å². The molecule has 0 bridgehead atoms. The first-order chi connectivity index (χ1) is 10.7. The number of hydrogen-bond acceptors (Lipinski definition) is 3. The molecule has 1 unspecified atom stereocenters. The standard InChI is InChI=1S/C17H16N4O/c1-21-10-12(7-16(21)22)14-8-13-15(9-18-14)19-20-17(13)11-5-3-2-4-6-11/h2-6,8-9,12H,7,10H2,1H3,(H,19,20). The van der Waals surface area contributed by atoms with Gasteiger partial charge in [0.05, 0.1) is 11.7 Å². The average molecular weight is 292 g/mol. The fraction of sp³-hybridized carbons (Fsp3) is 0.235. The molecular formula is C17H16N4O. The van der Waals surface area contributed by atoms with Crippen molar-refractivity contribution in [1.82, 2.24) is 20.1 Å². The maximum Gasteiger partial charge on any atom is 0.223 e. The van der Waals surface area contributed by atoms with E-state index in [-0.39, 0.29) is 11.8 Å². The highest BCUT2D eigenvalue weighted by atomic mass is 16.2. The number of carbonyl (C=O) groups excluding carboxylic acids is 1. The number of H-pyrrole nitrogens is 1. The highest BCUT2D eigenvalue weighted by molar-refractivity contribution is 5.92. The molecule has 1 atom stereocenters. The van der Waals surface area contributed by atoms with Gasteiger partial charge in [-0.15, -0.1) is 0 Å². The Morgan fingerprint density at radius 3 is 2.82 bits per heavy atom. The highest BCUT2D eigenvalue weighted by Gasteiger charge is 2.29. The van der Waals surface area contributed by atoms with Gasteiger partial charge in [0.15, 0.2) is 0 Å². The Kier molecular flexibility index (Phi) is 2.92. The summed E-state index contributed by atoms with van der Waals surface area (Å²) in [5.74, 6) is 0.350. The van der Waals surface area contributed by atoms with Gasteiger partial charge in [-0.3, -0.25) is 14.9 Å². The summed E-state index contributed by atoms with van der Waals surface area (Å²) in [4.78, 5) is 18.0. The number of aromatic amines is 1. The van der Waals surface area contributed by atoms with E-state index >= 15 is 0 Å². The fourth-order valence-corrected chi connectivity index (χ4v) is 3.03. The summed E-state index contributed by atoms with van der Waals surface area (Å²) < 4.78 is 0. The number of rotatable bonds is 2. The lowest BCUT2D eigenvalue weighted by atomic mass is 10.0. The molecule has 1 aliphatic heterocycles. The second-order valence-corrected chi connectivity index (χ2v) is 5.77. The third-order valence-corrected chi connectivity index (χ3v) is 4.27. The summed E-state index contributed by atoms with van der Waals surface area (Å²) in [5, 5.41) is 8.51. The lowest BCUT2D eigenvalue weighted by molar-refractivity contribution is -0.126. The predicted octanol–water partition coefficient (Wildman–Crippen LogP) is 2.57. The molecule has 22 heavy (non-hydrogen) atoms. The molecule has 0 radical (unpaired) electrons. The van der Waals surface area contributed by atoms with E-state index in [1.165, 1.54) is 0 Å². The Labute approximate surface area is 128 Å². The third-order valence-electron chi connectivity index (χ3n) is 4.27. The zero-order valence-corrected chi connectivity index (χ0v) is 12.3. The molecule has 5 nitrogen and oxygen atoms in total. The van der Waals surface area contributed by atoms with Crippen molar-refractivity contribution in [2.24, 2.45) is 0 Å². The predicted molar refractivity (Wildman–Crippen MR) is 84.3 cm³/mol. The fourth-order valence-electron chi connectivity index (χ4n) is 3.03. The minimum Gasteiger partial charge on any atom is -0.345 e. The number of nitrogens with one attached hydrogen (secondary N) is 1. The number of fused-ring (bicyclic) bond motifs is 1. The Balaban J connectivity index is 1.79. The summed E-state index contributed by atoms with van der Waals surface area (Å²) in [6, 6.07) is 12.2. The zero-order chi connectivity index (χ0) is 15.1. The number of pyridine rings is 1. The van der Waals surface area contributed by atoms with Gasteiger partial charge in [-0.25, -0.2) is 0 Å². The van der Waals surface area contributed by atoms with E-state index < -0.39 is 0 Å². The largest absolute Gasteiger partial charge is 0.345 e. The molecule has 5 heteroatoms. The van der Waals surface area contributed by atoms with Crippen LogP contribution in [0.25, 0.3) is 22.2 Å². The van der Waals surface area contributed by atoms with Gasteiger partial charge in [0.1, 0.15) is 5.69 Å². The van der Waals surface area contributed by atoms with Gasteiger partial charge in [0.25, 0.3) is 0 Å². The van der Waals surface area contributed by atoms with Gasteiger partial charge < -0.3 is 4.90 Å². The molecule has 3 heterocycles. The van der Waals surface area contributed by atoms with E-state index in [4.69, 9.17) is 0 Å². The summed E-state index contributed by atoms with van der Waals surface area (Å²) >= 11 is 0. The number of hydrogen-bond donors (Lipinski definition) is 1. The number of likely N-dealkylation sites (tertiary alicyclic amines) is 1. The Bertz CT molecular complexity index is 840. The van der Waals surface area contributed by atoms with Crippen LogP contribution in [0, 0.1) is 0 Å². The minimum absolute atomic E-state index is 0.167. The van der Waals surface area contributed by atoms with Crippen LogP contribution in [0.5, 0.6) is 0 Å². The number of nitrogens with zero attached hydrogens (tertiary/aromatic N) is 3. The first kappa shape index (κ1) is 13.0. The van der Waals surface area contributed by atoms with E-state index in [9.17, 15) is 4.79 Å². The molecule has 3 aromatic rings. The molecule has 0 spiro atoms. The summed E-state index contributed by atoms with van der Waals surface area (Å²) in [6.45, 7) is 0.732. The molecule has 1 amide bonds. The second-order valence-electron chi connectivity index (χ2n) is 5.77. The summed E-state index contributed by atoms with van der Waals surface area (Å²) in [5.41, 5.74) is 3.88. The Morgan fingerprint density at radius 2 is 2.09 bits per heavy atom. The van der Waals surface area contributed by atoms with Crippen LogP contribution in [0.2, 0.25) is 0 Å². The van der Waals surface area contributed by atoms with Crippen LogP contribution < -0.4 is 0 Å². The maximum atomic E-state index is 11.7. The van der Waals surface area contributed by atoms with Gasteiger partial charge in [0, 0.05) is 42.6 Å². The van der Waals surface area contributed by atoms with E-state index in [0.717, 1.165) is 34.4 Å². The minimum atomic E-state index is 0.167. The monoisotopic (exact) mass is 292 g/mol. The molecule has 1 fully saturated rings. The van der Waals surface area contributed by atoms with Crippen LogP contribution in [0.15, 0.2) is 42.6 Å². The highest BCUT2D eigenvalue weighted by Crippen LogP contribution is 2.31. The summed E-state index contributed by atoms with van der Waals surface area (Å²) in [6.07, 6.45) is 2.35. The number of carbonyl (C=O) groups is 1. The van der Waals surface area contributed by atoms with Gasteiger partial charge >= 0.3 is 0 Å². The van der Waals surface area contributed by atoms with Crippen LogP contribution in [-0.2, 0) is 4.79 Å².